The summed E-state index contributed by atoms with van der Waals surface area (Å²) < 4.78 is 5.23. The standard InChI is InChI=1S/C16H24O2Si/c1-16(2,3)19(4,5)12-11-15(17)18-13-14-9-7-6-8-10-14/h6-12H,13H2,1-5H3/b12-11+. The summed E-state index contributed by atoms with van der Waals surface area (Å²) in [4.78, 5) is 11.7. The minimum absolute atomic E-state index is 0.239. The smallest absolute Gasteiger partial charge is 0.330 e. The highest BCUT2D eigenvalue weighted by Gasteiger charge is 2.32. The zero-order valence-corrected chi connectivity index (χ0v) is 13.6. The van der Waals surface area contributed by atoms with Crippen LogP contribution in [0.2, 0.25) is 18.1 Å². The number of carbonyl (C=O) groups is 1. The van der Waals surface area contributed by atoms with Crippen molar-refractivity contribution in [3.8, 4) is 0 Å². The SMILES string of the molecule is CC(C)(C)[Si](C)(C)/C=C/C(=O)OCc1ccccc1. The molecule has 0 fully saturated rings. The number of carbonyl (C=O) groups excluding carboxylic acids is 1. The van der Waals surface area contributed by atoms with Crippen molar-refractivity contribution < 1.29 is 9.53 Å². The highest BCUT2D eigenvalue weighted by Crippen LogP contribution is 2.36. The van der Waals surface area contributed by atoms with Crippen molar-refractivity contribution >= 4 is 14.0 Å². The van der Waals surface area contributed by atoms with Crippen LogP contribution < -0.4 is 0 Å². The fourth-order valence-electron chi connectivity index (χ4n) is 1.30. The third kappa shape index (κ3) is 5.03. The Balaban J connectivity index is 2.52. The van der Waals surface area contributed by atoms with E-state index in [2.05, 4.69) is 39.6 Å². The number of benzene rings is 1. The van der Waals surface area contributed by atoms with Crippen molar-refractivity contribution in [1.29, 1.82) is 0 Å². The molecule has 0 saturated heterocycles. The number of rotatable bonds is 4. The van der Waals surface area contributed by atoms with E-state index < -0.39 is 8.07 Å². The second-order valence-electron chi connectivity index (χ2n) is 6.40. The predicted molar refractivity (Wildman–Crippen MR) is 82.6 cm³/mol. The average molecular weight is 276 g/mol. The van der Waals surface area contributed by atoms with Crippen LogP contribution in [0.1, 0.15) is 26.3 Å². The average Bonchev–Trinajstić information content (AvgIpc) is 2.34. The summed E-state index contributed by atoms with van der Waals surface area (Å²) in [6.45, 7) is 11.5. The third-order valence-electron chi connectivity index (χ3n) is 3.79. The minimum atomic E-state index is -1.56. The third-order valence-corrected chi connectivity index (χ3v) is 8.66. The molecule has 104 valence electrons. The molecule has 1 aromatic rings. The Morgan fingerprint density at radius 3 is 2.32 bits per heavy atom. The molecule has 0 aliphatic carbocycles. The lowest BCUT2D eigenvalue weighted by Gasteiger charge is -2.33. The largest absolute Gasteiger partial charge is 0.458 e. The maximum atomic E-state index is 11.7. The predicted octanol–water partition coefficient (Wildman–Crippen LogP) is 4.33. The van der Waals surface area contributed by atoms with Crippen molar-refractivity contribution in [2.75, 3.05) is 0 Å². The highest BCUT2D eigenvalue weighted by atomic mass is 28.3. The Morgan fingerprint density at radius 1 is 1.21 bits per heavy atom. The molecular weight excluding hydrogens is 252 g/mol. The fraction of sp³-hybridized carbons (Fsp3) is 0.438. The van der Waals surface area contributed by atoms with E-state index in [1.165, 1.54) is 0 Å². The van der Waals surface area contributed by atoms with Crippen molar-refractivity contribution in [1.82, 2.24) is 0 Å². The molecule has 0 heterocycles. The molecule has 0 saturated carbocycles. The van der Waals surface area contributed by atoms with Gasteiger partial charge in [0.15, 0.2) is 0 Å². The van der Waals surface area contributed by atoms with Crippen LogP contribution in [0.3, 0.4) is 0 Å². The molecule has 1 rings (SSSR count). The van der Waals surface area contributed by atoms with Crippen LogP contribution in [0.15, 0.2) is 42.1 Å². The molecule has 0 unspecified atom stereocenters. The highest BCUT2D eigenvalue weighted by molar-refractivity contribution is 6.84. The first-order chi connectivity index (χ1) is 8.72. The maximum absolute atomic E-state index is 11.7. The summed E-state index contributed by atoms with van der Waals surface area (Å²) in [6, 6.07) is 9.72. The molecule has 0 atom stereocenters. The van der Waals surface area contributed by atoms with Crippen molar-refractivity contribution in [2.45, 2.75) is 45.5 Å². The zero-order chi connectivity index (χ0) is 14.5. The van der Waals surface area contributed by atoms with Gasteiger partial charge in [-0.05, 0) is 10.6 Å². The minimum Gasteiger partial charge on any atom is -0.458 e. The van der Waals surface area contributed by atoms with Gasteiger partial charge in [-0.25, -0.2) is 4.79 Å². The van der Waals surface area contributed by atoms with Crippen molar-refractivity contribution in [3.63, 3.8) is 0 Å². The molecule has 3 heteroatoms. The van der Waals surface area contributed by atoms with Gasteiger partial charge in [0.2, 0.25) is 0 Å². The molecular formula is C16H24O2Si. The number of hydrogen-bond acceptors (Lipinski definition) is 2. The molecule has 0 spiro atoms. The van der Waals surface area contributed by atoms with Crippen molar-refractivity contribution in [2.24, 2.45) is 0 Å². The van der Waals surface area contributed by atoms with Crippen LogP contribution in [0.4, 0.5) is 0 Å². The Kier molecular flexibility index (Phi) is 5.12. The fourth-order valence-corrected chi connectivity index (χ4v) is 2.36. The van der Waals surface area contributed by atoms with Crippen LogP contribution >= 0.6 is 0 Å². The number of hydrogen-bond donors (Lipinski definition) is 0. The molecule has 0 amide bonds. The molecule has 19 heavy (non-hydrogen) atoms. The second-order valence-corrected chi connectivity index (χ2v) is 11.7. The lowest BCUT2D eigenvalue weighted by Crippen LogP contribution is -2.35. The first-order valence-corrected chi connectivity index (χ1v) is 9.70. The first kappa shape index (κ1) is 15.7. The topological polar surface area (TPSA) is 26.3 Å². The van der Waals surface area contributed by atoms with Gasteiger partial charge in [-0.2, -0.15) is 0 Å². The van der Waals surface area contributed by atoms with Gasteiger partial charge in [0.25, 0.3) is 0 Å². The van der Waals surface area contributed by atoms with E-state index in [0.717, 1.165) is 5.56 Å². The zero-order valence-electron chi connectivity index (χ0n) is 12.6. The molecule has 2 nitrogen and oxygen atoms in total. The summed E-state index contributed by atoms with van der Waals surface area (Å²) in [6.07, 6.45) is 1.60. The van der Waals surface area contributed by atoms with E-state index in [4.69, 9.17) is 4.74 Å². The van der Waals surface area contributed by atoms with E-state index in [1.807, 2.05) is 30.3 Å². The van der Waals surface area contributed by atoms with Crippen LogP contribution in [0.5, 0.6) is 0 Å². The Labute approximate surface area is 117 Å². The molecule has 0 radical (unpaired) electrons. The molecule has 0 aliphatic heterocycles. The number of ether oxygens (including phenoxy) is 1. The number of esters is 1. The summed E-state index contributed by atoms with van der Waals surface area (Å²) in [5.74, 6) is -0.256. The van der Waals surface area contributed by atoms with Crippen LogP contribution in [-0.2, 0) is 16.1 Å². The Bertz CT molecular complexity index is 442. The van der Waals surface area contributed by atoms with E-state index in [1.54, 1.807) is 6.08 Å². The lowest BCUT2D eigenvalue weighted by molar-refractivity contribution is -0.139. The first-order valence-electron chi connectivity index (χ1n) is 6.62. The quantitative estimate of drug-likeness (QED) is 0.465. The summed E-state index contributed by atoms with van der Waals surface area (Å²) in [7, 11) is -1.56. The van der Waals surface area contributed by atoms with Gasteiger partial charge in [-0.3, -0.25) is 0 Å². The summed E-state index contributed by atoms with van der Waals surface area (Å²) in [5.41, 5.74) is 3.08. The summed E-state index contributed by atoms with van der Waals surface area (Å²) >= 11 is 0. The van der Waals surface area contributed by atoms with Gasteiger partial charge in [0.1, 0.15) is 6.61 Å². The Hall–Kier alpha value is -1.35. The van der Waals surface area contributed by atoms with E-state index in [9.17, 15) is 4.79 Å². The molecule has 1 aromatic carbocycles. The van der Waals surface area contributed by atoms with Crippen LogP contribution in [-0.4, -0.2) is 14.0 Å². The lowest BCUT2D eigenvalue weighted by atomic mass is 10.2. The van der Waals surface area contributed by atoms with Crippen molar-refractivity contribution in [3.05, 3.63) is 47.7 Å². The molecule has 0 aliphatic rings. The monoisotopic (exact) mass is 276 g/mol. The Morgan fingerprint density at radius 2 is 1.79 bits per heavy atom. The summed E-state index contributed by atoms with van der Waals surface area (Å²) in [5, 5.41) is 0.239. The maximum Gasteiger partial charge on any atom is 0.330 e. The van der Waals surface area contributed by atoms with Gasteiger partial charge in [-0.1, -0.05) is 69.9 Å². The molecule has 0 aromatic heterocycles. The molecule has 0 N–H and O–H groups in total. The van der Waals surface area contributed by atoms with Crippen LogP contribution in [0, 0.1) is 0 Å². The van der Waals surface area contributed by atoms with E-state index in [-0.39, 0.29) is 11.0 Å². The second kappa shape index (κ2) is 6.20. The van der Waals surface area contributed by atoms with Gasteiger partial charge < -0.3 is 4.74 Å². The van der Waals surface area contributed by atoms with Crippen LogP contribution in [0.25, 0.3) is 0 Å². The van der Waals surface area contributed by atoms with Gasteiger partial charge in [0.05, 0.1) is 8.07 Å². The van der Waals surface area contributed by atoms with E-state index >= 15 is 0 Å². The molecule has 0 bridgehead atoms. The van der Waals surface area contributed by atoms with Gasteiger partial charge >= 0.3 is 5.97 Å². The van der Waals surface area contributed by atoms with Gasteiger partial charge in [0, 0.05) is 6.08 Å². The van der Waals surface area contributed by atoms with E-state index in [0.29, 0.717) is 6.61 Å². The van der Waals surface area contributed by atoms with Gasteiger partial charge in [-0.15, -0.1) is 0 Å². The normalized spacial score (nSPS) is 12.7.